The van der Waals surface area contributed by atoms with Crippen molar-refractivity contribution < 1.29 is 9.90 Å². The van der Waals surface area contributed by atoms with Gasteiger partial charge in [-0.05, 0) is 37.5 Å². The number of carbonyl (C=O) groups excluding carboxylic acids is 1. The van der Waals surface area contributed by atoms with E-state index >= 15 is 0 Å². The zero-order valence-corrected chi connectivity index (χ0v) is 12.9. The van der Waals surface area contributed by atoms with Crippen LogP contribution in [0.5, 0.6) is 0 Å². The van der Waals surface area contributed by atoms with Gasteiger partial charge in [0.2, 0.25) is 5.91 Å². The summed E-state index contributed by atoms with van der Waals surface area (Å²) >= 11 is 0. The van der Waals surface area contributed by atoms with Crippen LogP contribution in [0.1, 0.15) is 65.7 Å². The molecule has 1 rings (SSSR count). The molecule has 0 saturated heterocycles. The summed E-state index contributed by atoms with van der Waals surface area (Å²) in [7, 11) is 0. The number of carbonyl (C=O) groups is 1. The Hall–Kier alpha value is -0.570. The largest absolute Gasteiger partial charge is 0.396 e. The van der Waals surface area contributed by atoms with Gasteiger partial charge in [0.15, 0.2) is 0 Å². The van der Waals surface area contributed by atoms with Crippen molar-refractivity contribution in [1.29, 1.82) is 0 Å². The van der Waals surface area contributed by atoms with Gasteiger partial charge in [0, 0.05) is 18.6 Å². The summed E-state index contributed by atoms with van der Waals surface area (Å²) in [5, 5.41) is 12.2. The van der Waals surface area contributed by atoms with Crippen molar-refractivity contribution in [1.82, 2.24) is 5.32 Å². The fourth-order valence-corrected chi connectivity index (χ4v) is 3.41. The molecule has 1 saturated carbocycles. The average molecular weight is 269 g/mol. The average Bonchev–Trinajstić information content (AvgIpc) is 2.82. The van der Waals surface area contributed by atoms with Gasteiger partial charge in [-0.25, -0.2) is 0 Å². The highest BCUT2D eigenvalue weighted by molar-refractivity contribution is 5.82. The number of amides is 1. The summed E-state index contributed by atoms with van der Waals surface area (Å²) in [5.41, 5.74) is -0.105. The van der Waals surface area contributed by atoms with Crippen LogP contribution in [0.4, 0.5) is 0 Å². The Morgan fingerprint density at radius 1 is 1.32 bits per heavy atom. The summed E-state index contributed by atoms with van der Waals surface area (Å²) in [6.45, 7) is 7.45. The summed E-state index contributed by atoms with van der Waals surface area (Å²) in [5.74, 6) is 1.24. The standard InChI is InChI=1S/C16H31NO2/c1-4-14(7-10-18)12-17-15(19)16(11-13(2)3)8-5-6-9-16/h13-14,18H,4-12H2,1-3H3,(H,17,19). The van der Waals surface area contributed by atoms with Crippen molar-refractivity contribution in [2.45, 2.75) is 65.7 Å². The van der Waals surface area contributed by atoms with E-state index in [4.69, 9.17) is 5.11 Å². The lowest BCUT2D eigenvalue weighted by molar-refractivity contribution is -0.132. The number of aliphatic hydroxyl groups excluding tert-OH is 1. The lowest BCUT2D eigenvalue weighted by atomic mass is 9.77. The van der Waals surface area contributed by atoms with Crippen molar-refractivity contribution >= 4 is 5.91 Å². The molecule has 0 spiro atoms. The smallest absolute Gasteiger partial charge is 0.226 e. The molecule has 0 aromatic heterocycles. The molecule has 1 aliphatic carbocycles. The minimum Gasteiger partial charge on any atom is -0.396 e. The van der Waals surface area contributed by atoms with Crippen LogP contribution >= 0.6 is 0 Å². The van der Waals surface area contributed by atoms with Crippen LogP contribution in [-0.4, -0.2) is 24.2 Å². The fraction of sp³-hybridized carbons (Fsp3) is 0.938. The first-order valence-corrected chi connectivity index (χ1v) is 7.93. The van der Waals surface area contributed by atoms with Gasteiger partial charge in [0.05, 0.1) is 0 Å². The zero-order chi connectivity index (χ0) is 14.3. The Labute approximate surface area is 118 Å². The van der Waals surface area contributed by atoms with Crippen molar-refractivity contribution in [2.24, 2.45) is 17.3 Å². The third-order valence-corrected chi connectivity index (χ3v) is 4.51. The quantitative estimate of drug-likeness (QED) is 0.711. The Balaban J connectivity index is 2.53. The SMILES string of the molecule is CCC(CCO)CNC(=O)C1(CC(C)C)CCCC1. The maximum absolute atomic E-state index is 12.6. The van der Waals surface area contributed by atoms with Crippen molar-refractivity contribution in [3.8, 4) is 0 Å². The normalized spacial score (nSPS) is 19.6. The zero-order valence-electron chi connectivity index (χ0n) is 12.9. The Morgan fingerprint density at radius 3 is 2.42 bits per heavy atom. The molecule has 1 unspecified atom stereocenters. The molecule has 112 valence electrons. The van der Waals surface area contributed by atoms with E-state index in [9.17, 15) is 4.79 Å². The second kappa shape index (κ2) is 7.88. The first-order valence-electron chi connectivity index (χ1n) is 7.93. The predicted molar refractivity (Wildman–Crippen MR) is 78.8 cm³/mol. The highest BCUT2D eigenvalue weighted by atomic mass is 16.3. The first kappa shape index (κ1) is 16.5. The number of rotatable bonds is 8. The summed E-state index contributed by atoms with van der Waals surface area (Å²) in [4.78, 5) is 12.6. The number of hydrogen-bond donors (Lipinski definition) is 2. The molecular weight excluding hydrogens is 238 g/mol. The third-order valence-electron chi connectivity index (χ3n) is 4.51. The molecule has 3 heteroatoms. The van der Waals surface area contributed by atoms with Crippen molar-refractivity contribution in [3.05, 3.63) is 0 Å². The highest BCUT2D eigenvalue weighted by Crippen LogP contribution is 2.43. The van der Waals surface area contributed by atoms with Crippen LogP contribution in [-0.2, 0) is 4.79 Å². The van der Waals surface area contributed by atoms with Crippen LogP contribution in [0.25, 0.3) is 0 Å². The molecule has 0 aromatic rings. The van der Waals surface area contributed by atoms with E-state index in [1.807, 2.05) is 0 Å². The number of aliphatic hydroxyl groups is 1. The lowest BCUT2D eigenvalue weighted by Gasteiger charge is -2.30. The van der Waals surface area contributed by atoms with E-state index in [2.05, 4.69) is 26.1 Å². The fourth-order valence-electron chi connectivity index (χ4n) is 3.41. The van der Waals surface area contributed by atoms with Crippen LogP contribution < -0.4 is 5.32 Å². The van der Waals surface area contributed by atoms with E-state index in [0.717, 1.165) is 38.6 Å². The van der Waals surface area contributed by atoms with Gasteiger partial charge in [-0.15, -0.1) is 0 Å². The van der Waals surface area contributed by atoms with Gasteiger partial charge in [-0.2, -0.15) is 0 Å². The maximum Gasteiger partial charge on any atom is 0.226 e. The summed E-state index contributed by atoms with van der Waals surface area (Å²) in [6, 6.07) is 0. The van der Waals surface area contributed by atoms with Gasteiger partial charge in [0.25, 0.3) is 0 Å². The lowest BCUT2D eigenvalue weighted by Crippen LogP contribution is -2.42. The minimum atomic E-state index is -0.105. The maximum atomic E-state index is 12.6. The van der Waals surface area contributed by atoms with Crippen molar-refractivity contribution in [2.75, 3.05) is 13.2 Å². The Kier molecular flexibility index (Phi) is 6.84. The van der Waals surface area contributed by atoms with E-state index in [1.54, 1.807) is 0 Å². The van der Waals surface area contributed by atoms with Crippen LogP contribution in [0.15, 0.2) is 0 Å². The van der Waals surface area contributed by atoms with Gasteiger partial charge in [-0.3, -0.25) is 4.79 Å². The predicted octanol–water partition coefficient (Wildman–Crippen LogP) is 3.12. The van der Waals surface area contributed by atoms with Gasteiger partial charge >= 0.3 is 0 Å². The molecule has 1 aliphatic rings. The molecule has 0 heterocycles. The molecule has 0 radical (unpaired) electrons. The van der Waals surface area contributed by atoms with Crippen LogP contribution in [0.2, 0.25) is 0 Å². The van der Waals surface area contributed by atoms with E-state index in [0.29, 0.717) is 11.8 Å². The van der Waals surface area contributed by atoms with Gasteiger partial charge in [0.1, 0.15) is 0 Å². The summed E-state index contributed by atoms with van der Waals surface area (Å²) < 4.78 is 0. The molecule has 0 aromatic carbocycles. The highest BCUT2D eigenvalue weighted by Gasteiger charge is 2.41. The van der Waals surface area contributed by atoms with Gasteiger partial charge in [-0.1, -0.05) is 40.0 Å². The number of nitrogens with one attached hydrogen (secondary N) is 1. The molecule has 1 fully saturated rings. The third kappa shape index (κ3) is 4.79. The van der Waals surface area contributed by atoms with Crippen LogP contribution in [0.3, 0.4) is 0 Å². The van der Waals surface area contributed by atoms with E-state index in [1.165, 1.54) is 12.8 Å². The molecule has 3 nitrogen and oxygen atoms in total. The second-order valence-corrected chi connectivity index (χ2v) is 6.58. The molecule has 1 amide bonds. The van der Waals surface area contributed by atoms with E-state index < -0.39 is 0 Å². The molecule has 2 N–H and O–H groups in total. The Bertz CT molecular complexity index is 270. The van der Waals surface area contributed by atoms with Gasteiger partial charge < -0.3 is 10.4 Å². The van der Waals surface area contributed by atoms with E-state index in [-0.39, 0.29) is 17.9 Å². The van der Waals surface area contributed by atoms with Crippen molar-refractivity contribution in [3.63, 3.8) is 0 Å². The Morgan fingerprint density at radius 2 is 1.95 bits per heavy atom. The molecule has 1 atom stereocenters. The minimum absolute atomic E-state index is 0.105. The monoisotopic (exact) mass is 269 g/mol. The topological polar surface area (TPSA) is 49.3 Å². The molecular formula is C16H31NO2. The second-order valence-electron chi connectivity index (χ2n) is 6.58. The number of hydrogen-bond acceptors (Lipinski definition) is 2. The summed E-state index contributed by atoms with van der Waals surface area (Å²) in [6.07, 6.45) is 7.28. The molecule has 19 heavy (non-hydrogen) atoms. The first-order chi connectivity index (χ1) is 9.04. The van der Waals surface area contributed by atoms with Crippen LogP contribution in [0, 0.1) is 17.3 Å². The molecule has 0 aliphatic heterocycles. The molecule has 0 bridgehead atoms.